The third-order valence-electron chi connectivity index (χ3n) is 1.20. The second kappa shape index (κ2) is 4.32. The molecule has 10 heavy (non-hydrogen) atoms. The van der Waals surface area contributed by atoms with Gasteiger partial charge in [0, 0.05) is 0 Å². The van der Waals surface area contributed by atoms with Crippen LogP contribution in [-0.2, 0) is 0 Å². The van der Waals surface area contributed by atoms with E-state index in [0.717, 1.165) is 12.8 Å². The van der Waals surface area contributed by atoms with E-state index >= 15 is 0 Å². The van der Waals surface area contributed by atoms with Crippen LogP contribution in [0.15, 0.2) is 24.8 Å². The van der Waals surface area contributed by atoms with Crippen molar-refractivity contribution >= 4 is 0 Å². The van der Waals surface area contributed by atoms with Crippen LogP contribution in [0.4, 0.5) is 0 Å². The smallest absolute Gasteiger partial charge is 0.0172 e. The first-order valence-electron chi connectivity index (χ1n) is 3.82. The Hall–Kier alpha value is -0.520. The summed E-state index contributed by atoms with van der Waals surface area (Å²) in [5, 5.41) is 0. The summed E-state index contributed by atoms with van der Waals surface area (Å²) < 4.78 is 0. The quantitative estimate of drug-likeness (QED) is 0.523. The van der Waals surface area contributed by atoms with Gasteiger partial charge in [-0.3, -0.25) is 0 Å². The summed E-state index contributed by atoms with van der Waals surface area (Å²) in [6.45, 7) is 10.4. The number of allylic oxidation sites excluding steroid dienone is 3. The molecule has 58 valence electrons. The predicted molar refractivity (Wildman–Crippen MR) is 48.0 cm³/mol. The van der Waals surface area contributed by atoms with Crippen LogP contribution in [0.3, 0.4) is 0 Å². The first-order chi connectivity index (χ1) is 4.56. The summed E-state index contributed by atoms with van der Waals surface area (Å²) in [5.41, 5.74) is 0.428. The topological polar surface area (TPSA) is 0 Å². The fourth-order valence-electron chi connectivity index (χ4n) is 0.629. The molecule has 0 saturated heterocycles. The molecule has 0 aliphatic heterocycles. The molecular formula is C10H18. The third kappa shape index (κ3) is 7.48. The van der Waals surface area contributed by atoms with Crippen LogP contribution in [-0.4, -0.2) is 0 Å². The SMILES string of the molecule is C=CCC=CCC(C)(C)C. The van der Waals surface area contributed by atoms with Crippen LogP contribution in [0.5, 0.6) is 0 Å². The minimum absolute atomic E-state index is 0.428. The van der Waals surface area contributed by atoms with Crippen LogP contribution in [0.25, 0.3) is 0 Å². The average Bonchev–Trinajstić information content (AvgIpc) is 1.78. The average molecular weight is 138 g/mol. The lowest BCUT2D eigenvalue weighted by Crippen LogP contribution is -2.01. The van der Waals surface area contributed by atoms with Gasteiger partial charge in [-0.25, -0.2) is 0 Å². The maximum absolute atomic E-state index is 3.64. The summed E-state index contributed by atoms with van der Waals surface area (Å²) in [6, 6.07) is 0. The van der Waals surface area contributed by atoms with E-state index in [9.17, 15) is 0 Å². The number of hydrogen-bond donors (Lipinski definition) is 0. The maximum Gasteiger partial charge on any atom is -0.0172 e. The molecule has 0 rings (SSSR count). The van der Waals surface area contributed by atoms with E-state index in [1.54, 1.807) is 0 Å². The molecule has 0 bridgehead atoms. The van der Waals surface area contributed by atoms with Gasteiger partial charge >= 0.3 is 0 Å². The molecule has 0 heteroatoms. The fraction of sp³-hybridized carbons (Fsp3) is 0.600. The van der Waals surface area contributed by atoms with Crippen molar-refractivity contribution in [2.24, 2.45) is 5.41 Å². The Morgan fingerprint density at radius 3 is 2.20 bits per heavy atom. The Labute approximate surface area is 64.6 Å². The lowest BCUT2D eigenvalue weighted by molar-refractivity contribution is 0.420. The molecule has 0 aliphatic rings. The van der Waals surface area contributed by atoms with E-state index in [4.69, 9.17) is 0 Å². The van der Waals surface area contributed by atoms with Crippen LogP contribution < -0.4 is 0 Å². The van der Waals surface area contributed by atoms with Crippen molar-refractivity contribution in [3.05, 3.63) is 24.8 Å². The van der Waals surface area contributed by atoms with E-state index in [-0.39, 0.29) is 0 Å². The van der Waals surface area contributed by atoms with E-state index in [1.807, 2.05) is 6.08 Å². The van der Waals surface area contributed by atoms with Crippen molar-refractivity contribution in [2.75, 3.05) is 0 Å². The highest BCUT2D eigenvalue weighted by Crippen LogP contribution is 2.18. The molecule has 0 aromatic rings. The van der Waals surface area contributed by atoms with E-state index in [1.165, 1.54) is 0 Å². The monoisotopic (exact) mass is 138 g/mol. The molecule has 0 fully saturated rings. The van der Waals surface area contributed by atoms with E-state index in [2.05, 4.69) is 39.5 Å². The van der Waals surface area contributed by atoms with Crippen molar-refractivity contribution in [2.45, 2.75) is 33.6 Å². The molecule has 0 saturated carbocycles. The molecule has 0 aliphatic carbocycles. The van der Waals surface area contributed by atoms with Gasteiger partial charge in [0.15, 0.2) is 0 Å². The van der Waals surface area contributed by atoms with Crippen molar-refractivity contribution in [1.82, 2.24) is 0 Å². The van der Waals surface area contributed by atoms with Crippen molar-refractivity contribution in [3.8, 4) is 0 Å². The first-order valence-corrected chi connectivity index (χ1v) is 3.82. The molecular weight excluding hydrogens is 120 g/mol. The second-order valence-corrected chi connectivity index (χ2v) is 3.76. The maximum atomic E-state index is 3.64. The zero-order valence-electron chi connectivity index (χ0n) is 7.35. The normalized spacial score (nSPS) is 12.3. The minimum Gasteiger partial charge on any atom is -0.103 e. The summed E-state index contributed by atoms with van der Waals surface area (Å²) in [4.78, 5) is 0. The van der Waals surface area contributed by atoms with Crippen LogP contribution in [0, 0.1) is 5.41 Å². The van der Waals surface area contributed by atoms with Gasteiger partial charge in [0.05, 0.1) is 0 Å². The summed E-state index contributed by atoms with van der Waals surface area (Å²) >= 11 is 0. The third-order valence-corrected chi connectivity index (χ3v) is 1.20. The highest BCUT2D eigenvalue weighted by Gasteiger charge is 2.05. The van der Waals surface area contributed by atoms with Crippen LogP contribution >= 0.6 is 0 Å². The first kappa shape index (κ1) is 9.48. The zero-order chi connectivity index (χ0) is 8.04. The molecule has 0 aromatic heterocycles. The molecule has 0 nitrogen and oxygen atoms in total. The van der Waals surface area contributed by atoms with E-state index < -0.39 is 0 Å². The molecule has 0 unspecified atom stereocenters. The highest BCUT2D eigenvalue weighted by atomic mass is 14.1. The molecule has 0 heterocycles. The zero-order valence-corrected chi connectivity index (χ0v) is 7.35. The van der Waals surface area contributed by atoms with Gasteiger partial charge in [0.2, 0.25) is 0 Å². The van der Waals surface area contributed by atoms with Gasteiger partial charge in [-0.15, -0.1) is 6.58 Å². The Balaban J connectivity index is 3.43. The van der Waals surface area contributed by atoms with Crippen molar-refractivity contribution in [3.63, 3.8) is 0 Å². The van der Waals surface area contributed by atoms with Crippen LogP contribution in [0.2, 0.25) is 0 Å². The Bertz CT molecular complexity index is 112. The number of hydrogen-bond acceptors (Lipinski definition) is 0. The Morgan fingerprint density at radius 2 is 1.80 bits per heavy atom. The van der Waals surface area contributed by atoms with Gasteiger partial charge in [-0.05, 0) is 18.3 Å². The van der Waals surface area contributed by atoms with Gasteiger partial charge in [-0.1, -0.05) is 39.0 Å². The van der Waals surface area contributed by atoms with Gasteiger partial charge in [-0.2, -0.15) is 0 Å². The number of rotatable bonds is 3. The molecule has 0 amide bonds. The summed E-state index contributed by atoms with van der Waals surface area (Å²) in [5.74, 6) is 0. The van der Waals surface area contributed by atoms with Gasteiger partial charge in [0.25, 0.3) is 0 Å². The fourth-order valence-corrected chi connectivity index (χ4v) is 0.629. The molecule has 0 aromatic carbocycles. The summed E-state index contributed by atoms with van der Waals surface area (Å²) in [7, 11) is 0. The summed E-state index contributed by atoms with van der Waals surface area (Å²) in [6.07, 6.45) is 8.45. The minimum atomic E-state index is 0.428. The Morgan fingerprint density at radius 1 is 1.20 bits per heavy atom. The molecule has 0 atom stereocenters. The molecule has 0 N–H and O–H groups in total. The molecule has 0 radical (unpaired) electrons. The molecule has 0 spiro atoms. The lowest BCUT2D eigenvalue weighted by Gasteiger charge is -2.14. The largest absolute Gasteiger partial charge is 0.103 e. The lowest BCUT2D eigenvalue weighted by atomic mass is 9.92. The Kier molecular flexibility index (Phi) is 4.10. The standard InChI is InChI=1S/C10H18/c1-5-6-7-8-9-10(2,3)4/h5,7-8H,1,6,9H2,2-4H3. The van der Waals surface area contributed by atoms with Crippen molar-refractivity contribution < 1.29 is 0 Å². The van der Waals surface area contributed by atoms with Gasteiger partial charge in [0.1, 0.15) is 0 Å². The van der Waals surface area contributed by atoms with Crippen molar-refractivity contribution in [1.29, 1.82) is 0 Å². The predicted octanol–water partition coefficient (Wildman–Crippen LogP) is 3.55. The van der Waals surface area contributed by atoms with Crippen LogP contribution in [0.1, 0.15) is 33.6 Å². The highest BCUT2D eigenvalue weighted by molar-refractivity contribution is 4.90. The van der Waals surface area contributed by atoms with E-state index in [0.29, 0.717) is 5.41 Å². The second-order valence-electron chi connectivity index (χ2n) is 3.76. The van der Waals surface area contributed by atoms with Gasteiger partial charge < -0.3 is 0 Å².